The number of benzene rings is 1. The number of aliphatic hydroxyl groups is 1. The summed E-state index contributed by atoms with van der Waals surface area (Å²) in [6.07, 6.45) is 2.27. The molecule has 20 heavy (non-hydrogen) atoms. The number of hydrogen-bond donors (Lipinski definition) is 2. The monoisotopic (exact) mass is 292 g/mol. The van der Waals surface area contributed by atoms with Crippen LogP contribution in [0.3, 0.4) is 0 Å². The number of H-pyrrole nitrogens is 1. The molecule has 6 heteroatoms. The third-order valence-corrected chi connectivity index (χ3v) is 4.27. The number of hydrogen-bond acceptors (Lipinski definition) is 4. The molecule has 3 rings (SSSR count). The van der Waals surface area contributed by atoms with E-state index in [9.17, 15) is 5.11 Å². The van der Waals surface area contributed by atoms with Crippen LogP contribution in [0.2, 0.25) is 5.02 Å². The van der Waals surface area contributed by atoms with E-state index in [1.807, 2.05) is 19.1 Å². The van der Waals surface area contributed by atoms with E-state index >= 15 is 0 Å². The molecule has 0 amide bonds. The van der Waals surface area contributed by atoms with E-state index in [2.05, 4.69) is 26.4 Å². The Kier molecular flexibility index (Phi) is 3.50. The molecule has 5 nitrogen and oxygen atoms in total. The molecule has 0 radical (unpaired) electrons. The molecule has 1 aromatic carbocycles. The van der Waals surface area contributed by atoms with Crippen molar-refractivity contribution in [3.63, 3.8) is 0 Å². The Morgan fingerprint density at radius 2 is 2.35 bits per heavy atom. The first-order valence-corrected chi connectivity index (χ1v) is 7.01. The van der Waals surface area contributed by atoms with E-state index in [0.717, 1.165) is 23.7 Å². The first kappa shape index (κ1) is 13.5. The molecule has 0 spiro atoms. The van der Waals surface area contributed by atoms with E-state index in [4.69, 9.17) is 11.6 Å². The summed E-state index contributed by atoms with van der Waals surface area (Å²) in [7, 11) is 0. The van der Waals surface area contributed by atoms with Crippen LogP contribution >= 0.6 is 11.6 Å². The van der Waals surface area contributed by atoms with Crippen molar-refractivity contribution in [1.29, 1.82) is 0 Å². The number of likely N-dealkylation sites (tertiary alicyclic amines) is 1. The molecule has 0 aliphatic carbocycles. The zero-order chi connectivity index (χ0) is 14.2. The molecular formula is C14H17ClN4O. The van der Waals surface area contributed by atoms with Gasteiger partial charge in [-0.2, -0.15) is 15.4 Å². The van der Waals surface area contributed by atoms with Gasteiger partial charge in [-0.1, -0.05) is 23.7 Å². The maximum atomic E-state index is 10.6. The molecule has 2 N–H and O–H groups in total. The van der Waals surface area contributed by atoms with Crippen LogP contribution in [0.5, 0.6) is 0 Å². The molecular weight excluding hydrogens is 276 g/mol. The van der Waals surface area contributed by atoms with Gasteiger partial charge in [0.05, 0.1) is 6.20 Å². The molecule has 1 aliphatic heterocycles. The molecule has 2 heterocycles. The SMILES string of the molecule is Cc1cc(CN2CCC(O)(c3cn[nH]n3)C2)ccc1Cl. The number of nitrogens with zero attached hydrogens (tertiary/aromatic N) is 3. The number of rotatable bonds is 3. The van der Waals surface area contributed by atoms with Gasteiger partial charge in [0, 0.05) is 24.7 Å². The molecule has 2 aromatic rings. The van der Waals surface area contributed by atoms with Crippen LogP contribution in [-0.2, 0) is 12.1 Å². The number of aromatic amines is 1. The summed E-state index contributed by atoms with van der Waals surface area (Å²) >= 11 is 6.04. The number of halogens is 1. The highest BCUT2D eigenvalue weighted by atomic mass is 35.5. The van der Waals surface area contributed by atoms with E-state index in [-0.39, 0.29) is 0 Å². The van der Waals surface area contributed by atoms with Crippen molar-refractivity contribution in [3.8, 4) is 0 Å². The van der Waals surface area contributed by atoms with E-state index in [1.54, 1.807) is 6.20 Å². The number of β-amino-alcohol motifs (C(OH)–C–C–N with tert-alkyl or cyclic N) is 1. The minimum Gasteiger partial charge on any atom is -0.382 e. The first-order valence-electron chi connectivity index (χ1n) is 6.63. The van der Waals surface area contributed by atoms with Crippen molar-refractivity contribution >= 4 is 11.6 Å². The predicted molar refractivity (Wildman–Crippen MR) is 76.4 cm³/mol. The van der Waals surface area contributed by atoms with Crippen molar-refractivity contribution in [2.45, 2.75) is 25.5 Å². The molecule has 1 aliphatic rings. The minimum absolute atomic E-state index is 0.571. The topological polar surface area (TPSA) is 65.0 Å². The molecule has 0 saturated carbocycles. The molecule has 1 unspecified atom stereocenters. The van der Waals surface area contributed by atoms with Gasteiger partial charge in [0.15, 0.2) is 0 Å². The van der Waals surface area contributed by atoms with Crippen molar-refractivity contribution < 1.29 is 5.11 Å². The predicted octanol–water partition coefficient (Wildman–Crippen LogP) is 1.86. The van der Waals surface area contributed by atoms with Gasteiger partial charge in [0.25, 0.3) is 0 Å². The lowest BCUT2D eigenvalue weighted by molar-refractivity contribution is 0.0409. The fraction of sp³-hybridized carbons (Fsp3) is 0.429. The number of aromatic nitrogens is 3. The largest absolute Gasteiger partial charge is 0.382 e. The molecule has 106 valence electrons. The van der Waals surface area contributed by atoms with Gasteiger partial charge < -0.3 is 5.11 Å². The molecule has 1 fully saturated rings. The second-order valence-electron chi connectivity index (χ2n) is 5.43. The average Bonchev–Trinajstić information content (AvgIpc) is 3.05. The van der Waals surface area contributed by atoms with Gasteiger partial charge >= 0.3 is 0 Å². The quantitative estimate of drug-likeness (QED) is 0.906. The van der Waals surface area contributed by atoms with Crippen molar-refractivity contribution in [3.05, 3.63) is 46.2 Å². The van der Waals surface area contributed by atoms with E-state index < -0.39 is 5.60 Å². The van der Waals surface area contributed by atoms with Crippen molar-refractivity contribution in [2.24, 2.45) is 0 Å². The molecule has 1 aromatic heterocycles. The number of aryl methyl sites for hydroxylation is 1. The maximum absolute atomic E-state index is 10.6. The van der Waals surface area contributed by atoms with Gasteiger partial charge in [-0.15, -0.1) is 0 Å². The highest BCUT2D eigenvalue weighted by Gasteiger charge is 2.39. The highest BCUT2D eigenvalue weighted by molar-refractivity contribution is 6.31. The van der Waals surface area contributed by atoms with Gasteiger partial charge in [-0.25, -0.2) is 0 Å². The first-order chi connectivity index (χ1) is 9.57. The van der Waals surface area contributed by atoms with Crippen LogP contribution in [0.4, 0.5) is 0 Å². The summed E-state index contributed by atoms with van der Waals surface area (Å²) in [4.78, 5) is 2.22. The van der Waals surface area contributed by atoms with Gasteiger partial charge in [-0.05, 0) is 30.5 Å². The summed E-state index contributed by atoms with van der Waals surface area (Å²) in [5, 5.41) is 21.7. The van der Waals surface area contributed by atoms with Crippen molar-refractivity contribution in [2.75, 3.05) is 13.1 Å². The summed E-state index contributed by atoms with van der Waals surface area (Å²) in [6.45, 7) is 4.21. The van der Waals surface area contributed by atoms with Gasteiger partial charge in [0.1, 0.15) is 11.3 Å². The zero-order valence-corrected chi connectivity index (χ0v) is 12.1. The van der Waals surface area contributed by atoms with Gasteiger partial charge in [-0.3, -0.25) is 4.90 Å². The second-order valence-corrected chi connectivity index (χ2v) is 5.84. The standard InChI is InChI=1S/C14H17ClN4O/c1-10-6-11(2-3-12(10)15)8-19-5-4-14(20,9-19)13-7-16-18-17-13/h2-3,6-7,20H,4-5,8-9H2,1H3,(H,16,17,18). The van der Waals surface area contributed by atoms with E-state index in [1.165, 1.54) is 5.56 Å². The Hall–Kier alpha value is -1.43. The Morgan fingerprint density at radius 3 is 3.05 bits per heavy atom. The summed E-state index contributed by atoms with van der Waals surface area (Å²) in [5.74, 6) is 0. The van der Waals surface area contributed by atoms with Crippen molar-refractivity contribution in [1.82, 2.24) is 20.3 Å². The van der Waals surface area contributed by atoms with Crippen LogP contribution in [0, 0.1) is 6.92 Å². The van der Waals surface area contributed by atoms with E-state index in [0.29, 0.717) is 18.7 Å². The molecule has 0 bridgehead atoms. The molecule has 1 atom stereocenters. The van der Waals surface area contributed by atoms with Crippen LogP contribution in [-0.4, -0.2) is 38.5 Å². The molecule has 1 saturated heterocycles. The second kappa shape index (κ2) is 5.16. The Bertz CT molecular complexity index is 601. The summed E-state index contributed by atoms with van der Waals surface area (Å²) in [6, 6.07) is 6.05. The number of nitrogens with one attached hydrogen (secondary N) is 1. The minimum atomic E-state index is -0.894. The fourth-order valence-electron chi connectivity index (χ4n) is 2.70. The maximum Gasteiger partial charge on any atom is 0.124 e. The summed E-state index contributed by atoms with van der Waals surface area (Å²) in [5.41, 5.74) is 2.01. The lowest BCUT2D eigenvalue weighted by atomic mass is 10.00. The van der Waals surface area contributed by atoms with Crippen LogP contribution in [0.15, 0.2) is 24.4 Å². The fourth-order valence-corrected chi connectivity index (χ4v) is 2.82. The summed E-state index contributed by atoms with van der Waals surface area (Å²) < 4.78 is 0. The Labute approximate surface area is 122 Å². The lowest BCUT2D eigenvalue weighted by Gasteiger charge is -2.21. The normalized spacial score (nSPS) is 23.4. The highest BCUT2D eigenvalue weighted by Crippen LogP contribution is 2.31. The third kappa shape index (κ3) is 2.57. The van der Waals surface area contributed by atoms with Crippen LogP contribution < -0.4 is 0 Å². The zero-order valence-electron chi connectivity index (χ0n) is 11.3. The average molecular weight is 293 g/mol. The lowest BCUT2D eigenvalue weighted by Crippen LogP contribution is -2.31. The third-order valence-electron chi connectivity index (χ3n) is 3.85. The van der Waals surface area contributed by atoms with Crippen LogP contribution in [0.25, 0.3) is 0 Å². The Morgan fingerprint density at radius 1 is 1.50 bits per heavy atom. The van der Waals surface area contributed by atoms with Gasteiger partial charge in [0.2, 0.25) is 0 Å². The van der Waals surface area contributed by atoms with Crippen LogP contribution in [0.1, 0.15) is 23.2 Å². The Balaban J connectivity index is 1.70. The smallest absolute Gasteiger partial charge is 0.124 e.